The van der Waals surface area contributed by atoms with E-state index < -0.39 is 10.0 Å². The number of nitrogens with one attached hydrogen (secondary N) is 2. The van der Waals surface area contributed by atoms with E-state index in [9.17, 15) is 8.42 Å². The normalized spacial score (nSPS) is 19.4. The zero-order valence-corrected chi connectivity index (χ0v) is 15.2. The third-order valence-electron chi connectivity index (χ3n) is 3.45. The highest BCUT2D eigenvalue weighted by molar-refractivity contribution is 9.11. The zero-order valence-electron chi connectivity index (χ0n) is 11.2. The van der Waals surface area contributed by atoms with Crippen LogP contribution >= 0.6 is 31.9 Å². The largest absolute Gasteiger partial charge is 0.314 e. The van der Waals surface area contributed by atoms with Crippen LogP contribution in [0.2, 0.25) is 0 Å². The molecule has 0 aliphatic carbocycles. The summed E-state index contributed by atoms with van der Waals surface area (Å²) in [6.07, 6.45) is 3.12. The molecule has 2 N–H and O–H groups in total. The number of rotatable bonds is 5. The van der Waals surface area contributed by atoms with Crippen molar-refractivity contribution >= 4 is 41.9 Å². The highest BCUT2D eigenvalue weighted by atomic mass is 79.9. The molecular formula is C13H18Br2N2O2S. The third-order valence-corrected chi connectivity index (χ3v) is 6.72. The van der Waals surface area contributed by atoms with Gasteiger partial charge in [-0.3, -0.25) is 0 Å². The van der Waals surface area contributed by atoms with Crippen molar-refractivity contribution in [2.45, 2.75) is 37.1 Å². The molecular weight excluding hydrogens is 408 g/mol. The minimum atomic E-state index is -3.48. The van der Waals surface area contributed by atoms with Crippen LogP contribution in [0.25, 0.3) is 0 Å². The highest BCUT2D eigenvalue weighted by Crippen LogP contribution is 2.28. The standard InChI is InChI=1S/C13H18Br2N2O2S/c1-9-7-12(15)13(8-11(9)14)20(18,19)17-6-4-10-3-2-5-16-10/h7-8,10,16-17H,2-6H2,1H3/t10-/m0/s1. The van der Waals surface area contributed by atoms with Gasteiger partial charge in [0.15, 0.2) is 0 Å². The molecule has 20 heavy (non-hydrogen) atoms. The number of halogens is 2. The molecule has 1 atom stereocenters. The maximum atomic E-state index is 12.3. The maximum absolute atomic E-state index is 12.3. The van der Waals surface area contributed by atoms with E-state index in [2.05, 4.69) is 41.9 Å². The van der Waals surface area contributed by atoms with E-state index in [0.717, 1.165) is 29.4 Å². The fraction of sp³-hybridized carbons (Fsp3) is 0.538. The first-order chi connectivity index (χ1) is 9.40. The van der Waals surface area contributed by atoms with Crippen LogP contribution in [-0.2, 0) is 10.0 Å². The Kier molecular flexibility index (Phi) is 5.64. The van der Waals surface area contributed by atoms with Crippen LogP contribution in [0.3, 0.4) is 0 Å². The Bertz CT molecular complexity index is 584. The Morgan fingerprint density at radius 3 is 2.75 bits per heavy atom. The maximum Gasteiger partial charge on any atom is 0.241 e. The summed E-state index contributed by atoms with van der Waals surface area (Å²) in [6, 6.07) is 3.87. The van der Waals surface area contributed by atoms with Gasteiger partial charge in [-0.15, -0.1) is 0 Å². The summed E-state index contributed by atoms with van der Waals surface area (Å²) < 4.78 is 28.7. The summed E-state index contributed by atoms with van der Waals surface area (Å²) in [4.78, 5) is 0.273. The molecule has 1 aromatic carbocycles. The molecule has 2 rings (SSSR count). The Hall–Kier alpha value is 0.0500. The number of aryl methyl sites for hydroxylation is 1. The molecule has 0 aromatic heterocycles. The summed E-state index contributed by atoms with van der Waals surface area (Å²) in [5.74, 6) is 0. The number of hydrogen-bond donors (Lipinski definition) is 2. The van der Waals surface area contributed by atoms with E-state index in [1.54, 1.807) is 12.1 Å². The second kappa shape index (κ2) is 6.87. The van der Waals surface area contributed by atoms with Crippen molar-refractivity contribution in [3.8, 4) is 0 Å². The smallest absolute Gasteiger partial charge is 0.241 e. The molecule has 0 saturated carbocycles. The first kappa shape index (κ1) is 16.4. The van der Waals surface area contributed by atoms with Crippen LogP contribution < -0.4 is 10.0 Å². The lowest BCUT2D eigenvalue weighted by Gasteiger charge is -2.13. The lowest BCUT2D eigenvalue weighted by molar-refractivity contribution is 0.539. The molecule has 4 nitrogen and oxygen atoms in total. The van der Waals surface area contributed by atoms with E-state index >= 15 is 0 Å². The molecule has 1 aromatic rings. The molecule has 1 aliphatic rings. The van der Waals surface area contributed by atoms with Crippen LogP contribution in [0.5, 0.6) is 0 Å². The lowest BCUT2D eigenvalue weighted by Crippen LogP contribution is -2.30. The molecule has 0 spiro atoms. The van der Waals surface area contributed by atoms with Gasteiger partial charge in [0.05, 0.1) is 4.90 Å². The van der Waals surface area contributed by atoms with E-state index in [-0.39, 0.29) is 4.90 Å². The molecule has 1 aliphatic heterocycles. The van der Waals surface area contributed by atoms with Crippen molar-refractivity contribution in [3.05, 3.63) is 26.6 Å². The van der Waals surface area contributed by atoms with Gasteiger partial charge in [0, 0.05) is 21.5 Å². The van der Waals surface area contributed by atoms with Crippen molar-refractivity contribution in [2.75, 3.05) is 13.1 Å². The van der Waals surface area contributed by atoms with E-state index in [0.29, 0.717) is 17.1 Å². The molecule has 0 unspecified atom stereocenters. The quantitative estimate of drug-likeness (QED) is 0.762. The van der Waals surface area contributed by atoms with Gasteiger partial charge in [-0.25, -0.2) is 13.1 Å². The minimum absolute atomic E-state index is 0.273. The van der Waals surface area contributed by atoms with Crippen LogP contribution in [0.4, 0.5) is 0 Å². The van der Waals surface area contributed by atoms with Gasteiger partial charge in [0.2, 0.25) is 10.0 Å². The van der Waals surface area contributed by atoms with Crippen LogP contribution in [0, 0.1) is 6.92 Å². The summed E-state index contributed by atoms with van der Waals surface area (Å²) in [5, 5.41) is 3.36. The topological polar surface area (TPSA) is 58.2 Å². The van der Waals surface area contributed by atoms with Crippen molar-refractivity contribution in [3.63, 3.8) is 0 Å². The number of sulfonamides is 1. The second-order valence-corrected chi connectivity index (χ2v) is 8.46. The van der Waals surface area contributed by atoms with Gasteiger partial charge in [0.25, 0.3) is 0 Å². The average molecular weight is 426 g/mol. The van der Waals surface area contributed by atoms with E-state index in [4.69, 9.17) is 0 Å². The first-order valence-corrected chi connectivity index (χ1v) is 9.66. The van der Waals surface area contributed by atoms with Crippen LogP contribution in [0.15, 0.2) is 26.0 Å². The van der Waals surface area contributed by atoms with Crippen molar-refractivity contribution in [1.82, 2.24) is 10.0 Å². The Balaban J connectivity index is 2.04. The fourth-order valence-corrected chi connectivity index (χ4v) is 5.01. The summed E-state index contributed by atoms with van der Waals surface area (Å²) >= 11 is 6.69. The van der Waals surface area contributed by atoms with Gasteiger partial charge < -0.3 is 5.32 Å². The van der Waals surface area contributed by atoms with Gasteiger partial charge in [0.1, 0.15) is 0 Å². The van der Waals surface area contributed by atoms with E-state index in [1.165, 1.54) is 6.42 Å². The highest BCUT2D eigenvalue weighted by Gasteiger charge is 2.20. The van der Waals surface area contributed by atoms with Crippen molar-refractivity contribution in [2.24, 2.45) is 0 Å². The summed E-state index contributed by atoms with van der Waals surface area (Å²) in [6.45, 7) is 3.41. The monoisotopic (exact) mass is 424 g/mol. The average Bonchev–Trinajstić information content (AvgIpc) is 2.86. The molecule has 7 heteroatoms. The molecule has 0 bridgehead atoms. The summed E-state index contributed by atoms with van der Waals surface area (Å²) in [7, 11) is -3.48. The number of benzene rings is 1. The summed E-state index contributed by atoms with van der Waals surface area (Å²) in [5.41, 5.74) is 0.992. The molecule has 0 amide bonds. The second-order valence-electron chi connectivity index (χ2n) is 5.01. The van der Waals surface area contributed by atoms with E-state index in [1.807, 2.05) is 6.92 Å². The van der Waals surface area contributed by atoms with Gasteiger partial charge in [-0.1, -0.05) is 15.9 Å². The molecule has 0 radical (unpaired) electrons. The SMILES string of the molecule is Cc1cc(Br)c(S(=O)(=O)NCC[C@@H]2CCCN2)cc1Br. The molecule has 1 heterocycles. The van der Waals surface area contributed by atoms with Gasteiger partial charge in [-0.05, 0) is 66.4 Å². The molecule has 112 valence electrons. The first-order valence-electron chi connectivity index (χ1n) is 6.59. The fourth-order valence-electron chi connectivity index (χ4n) is 2.28. The Morgan fingerprint density at radius 1 is 1.35 bits per heavy atom. The molecule has 1 fully saturated rings. The predicted octanol–water partition coefficient (Wildman–Crippen LogP) is 2.94. The van der Waals surface area contributed by atoms with Crippen LogP contribution in [0.1, 0.15) is 24.8 Å². The third kappa shape index (κ3) is 4.04. The minimum Gasteiger partial charge on any atom is -0.314 e. The van der Waals surface area contributed by atoms with Gasteiger partial charge in [-0.2, -0.15) is 0 Å². The predicted molar refractivity (Wildman–Crippen MR) is 87.4 cm³/mol. The molecule has 1 saturated heterocycles. The Morgan fingerprint density at radius 2 is 2.10 bits per heavy atom. The lowest BCUT2D eigenvalue weighted by atomic mass is 10.2. The Labute approximate surface area is 137 Å². The van der Waals surface area contributed by atoms with Gasteiger partial charge >= 0.3 is 0 Å². The van der Waals surface area contributed by atoms with Crippen molar-refractivity contribution in [1.29, 1.82) is 0 Å². The zero-order chi connectivity index (χ0) is 14.8. The van der Waals surface area contributed by atoms with Crippen LogP contribution in [-0.4, -0.2) is 27.5 Å². The number of hydrogen-bond acceptors (Lipinski definition) is 3. The van der Waals surface area contributed by atoms with Crippen molar-refractivity contribution < 1.29 is 8.42 Å².